The normalized spacial score (nSPS) is 11.8. The van der Waals surface area contributed by atoms with Gasteiger partial charge in [-0.3, -0.25) is 0 Å². The third-order valence-corrected chi connectivity index (χ3v) is 4.60. The van der Waals surface area contributed by atoms with Crippen molar-refractivity contribution in [2.24, 2.45) is 0 Å². The summed E-state index contributed by atoms with van der Waals surface area (Å²) in [6.07, 6.45) is 0. The quantitative estimate of drug-likeness (QED) is 0.495. The average Bonchev–Trinajstić information content (AvgIpc) is 2.98. The molecule has 0 saturated carbocycles. The summed E-state index contributed by atoms with van der Waals surface area (Å²) in [5.41, 5.74) is -0.0799. The van der Waals surface area contributed by atoms with Crippen molar-refractivity contribution in [3.8, 4) is 0 Å². The lowest BCUT2D eigenvalue weighted by molar-refractivity contribution is 0.532. The molecule has 4 nitrogen and oxygen atoms in total. The molecule has 0 aliphatic heterocycles. The van der Waals surface area contributed by atoms with E-state index in [1.165, 1.54) is 22.7 Å². The van der Waals surface area contributed by atoms with Crippen LogP contribution in [0, 0.1) is 0 Å². The summed E-state index contributed by atoms with van der Waals surface area (Å²) in [5.74, 6) is 0. The molecule has 0 N–H and O–H groups in total. The maximum atomic E-state index is 11.8. The van der Waals surface area contributed by atoms with Crippen molar-refractivity contribution in [1.82, 2.24) is 0 Å². The fourth-order valence-electron chi connectivity index (χ4n) is 1.98. The van der Waals surface area contributed by atoms with Gasteiger partial charge in [0.15, 0.2) is 11.2 Å². The van der Waals surface area contributed by atoms with Crippen LogP contribution in [0.1, 0.15) is 0 Å². The topological polar surface area (TPSA) is 60.4 Å². The Morgan fingerprint density at radius 2 is 1.22 bits per heavy atom. The number of thiophene rings is 2. The fourth-order valence-corrected chi connectivity index (χ4v) is 3.70. The lowest BCUT2D eigenvalue weighted by Crippen LogP contribution is -2.02. The zero-order chi connectivity index (χ0) is 12.3. The highest BCUT2D eigenvalue weighted by atomic mass is 32.1. The minimum atomic E-state index is -0.401. The molecule has 0 unspecified atom stereocenters. The molecule has 0 aliphatic rings. The van der Waals surface area contributed by atoms with Gasteiger partial charge in [0, 0.05) is 0 Å². The maximum absolute atomic E-state index is 11.8. The number of rotatable bonds is 0. The van der Waals surface area contributed by atoms with Gasteiger partial charge < -0.3 is 8.83 Å². The second-order valence-corrected chi connectivity index (χ2v) is 5.60. The molecular weight excluding hydrogens is 272 g/mol. The fraction of sp³-hybridized carbons (Fsp3) is 0. The van der Waals surface area contributed by atoms with E-state index in [2.05, 4.69) is 0 Å². The highest BCUT2D eigenvalue weighted by molar-refractivity contribution is 7.19. The lowest BCUT2D eigenvalue weighted by atomic mass is 10.3. The van der Waals surface area contributed by atoms with Crippen molar-refractivity contribution >= 4 is 54.0 Å². The van der Waals surface area contributed by atoms with E-state index in [0.29, 0.717) is 31.3 Å². The molecule has 0 aliphatic carbocycles. The Bertz CT molecular complexity index is 932. The van der Waals surface area contributed by atoms with Crippen molar-refractivity contribution in [2.75, 3.05) is 0 Å². The second kappa shape index (κ2) is 3.30. The number of fused-ring (bicyclic) bond motifs is 5. The Morgan fingerprint density at radius 3 is 1.67 bits per heavy atom. The SMILES string of the molecule is O=c1oc2c(oc(=O)c3ccsc32)c2sccc12. The van der Waals surface area contributed by atoms with E-state index in [1.54, 1.807) is 22.9 Å². The lowest BCUT2D eigenvalue weighted by Gasteiger charge is -1.97. The molecule has 0 atom stereocenters. The summed E-state index contributed by atoms with van der Waals surface area (Å²) in [6.45, 7) is 0. The van der Waals surface area contributed by atoms with E-state index in [-0.39, 0.29) is 0 Å². The Kier molecular flexibility index (Phi) is 1.84. The molecule has 6 heteroatoms. The van der Waals surface area contributed by atoms with Crippen LogP contribution in [0.5, 0.6) is 0 Å². The predicted octanol–water partition coefficient (Wildman–Crippen LogP) is 3.18. The summed E-state index contributed by atoms with van der Waals surface area (Å²) in [5, 5.41) is 4.46. The molecule has 4 heterocycles. The van der Waals surface area contributed by atoms with Gasteiger partial charge in [0.2, 0.25) is 0 Å². The van der Waals surface area contributed by atoms with E-state index in [4.69, 9.17) is 8.83 Å². The first-order valence-electron chi connectivity index (χ1n) is 5.10. The third kappa shape index (κ3) is 1.13. The van der Waals surface area contributed by atoms with Crippen LogP contribution in [0.4, 0.5) is 0 Å². The van der Waals surface area contributed by atoms with Crippen LogP contribution in [-0.4, -0.2) is 0 Å². The molecule has 4 aromatic heterocycles. The Morgan fingerprint density at radius 1 is 0.778 bits per heavy atom. The predicted molar refractivity (Wildman–Crippen MR) is 71.8 cm³/mol. The Hall–Kier alpha value is -1.92. The molecule has 0 spiro atoms. The van der Waals surface area contributed by atoms with Gasteiger partial charge in [0.05, 0.1) is 20.2 Å². The van der Waals surface area contributed by atoms with Gasteiger partial charge in [-0.1, -0.05) is 0 Å². The number of hydrogen-bond acceptors (Lipinski definition) is 6. The molecule has 0 amide bonds. The van der Waals surface area contributed by atoms with Crippen LogP contribution < -0.4 is 11.3 Å². The summed E-state index contributed by atoms with van der Waals surface area (Å²) in [4.78, 5) is 23.7. The first kappa shape index (κ1) is 10.0. The van der Waals surface area contributed by atoms with Crippen molar-refractivity contribution in [1.29, 1.82) is 0 Å². The van der Waals surface area contributed by atoms with Gasteiger partial charge in [0.25, 0.3) is 0 Å². The minimum absolute atomic E-state index is 0.361. The van der Waals surface area contributed by atoms with Gasteiger partial charge in [-0.2, -0.15) is 0 Å². The van der Waals surface area contributed by atoms with Crippen molar-refractivity contribution in [2.45, 2.75) is 0 Å². The molecule has 4 rings (SSSR count). The molecule has 0 radical (unpaired) electrons. The van der Waals surface area contributed by atoms with Crippen LogP contribution in [0.3, 0.4) is 0 Å². The summed E-state index contributed by atoms with van der Waals surface area (Å²) in [6, 6.07) is 3.34. The first-order valence-corrected chi connectivity index (χ1v) is 6.86. The Labute approximate surface area is 107 Å². The molecule has 18 heavy (non-hydrogen) atoms. The monoisotopic (exact) mass is 276 g/mol. The van der Waals surface area contributed by atoms with Crippen molar-refractivity contribution < 1.29 is 8.83 Å². The maximum Gasteiger partial charge on any atom is 0.345 e. The molecule has 0 fully saturated rings. The van der Waals surface area contributed by atoms with Crippen molar-refractivity contribution in [3.63, 3.8) is 0 Å². The van der Waals surface area contributed by atoms with E-state index in [9.17, 15) is 9.59 Å². The molecule has 0 bridgehead atoms. The van der Waals surface area contributed by atoms with Crippen LogP contribution >= 0.6 is 22.7 Å². The van der Waals surface area contributed by atoms with Gasteiger partial charge >= 0.3 is 11.3 Å². The average molecular weight is 276 g/mol. The molecular formula is C12H4O4S2. The van der Waals surface area contributed by atoms with Gasteiger partial charge in [-0.05, 0) is 22.9 Å². The minimum Gasteiger partial charge on any atom is -0.417 e. The van der Waals surface area contributed by atoms with Crippen molar-refractivity contribution in [3.05, 3.63) is 43.7 Å². The van der Waals surface area contributed by atoms with Crippen LogP contribution in [-0.2, 0) is 0 Å². The van der Waals surface area contributed by atoms with E-state index >= 15 is 0 Å². The van der Waals surface area contributed by atoms with E-state index in [1.807, 2.05) is 0 Å². The van der Waals surface area contributed by atoms with Gasteiger partial charge in [-0.25, -0.2) is 9.59 Å². The van der Waals surface area contributed by atoms with Crippen LogP contribution in [0.25, 0.3) is 31.3 Å². The highest BCUT2D eigenvalue weighted by Gasteiger charge is 2.16. The standard InChI is InChI=1S/C12H4O4S2/c13-11-5-1-3-17-9(5)7-8(15-11)10-6(2-4-18-10)12(14)16-7/h1-4H. The largest absolute Gasteiger partial charge is 0.417 e. The highest BCUT2D eigenvalue weighted by Crippen LogP contribution is 2.32. The van der Waals surface area contributed by atoms with E-state index < -0.39 is 11.3 Å². The molecule has 0 aromatic carbocycles. The molecule has 88 valence electrons. The third-order valence-electron chi connectivity index (χ3n) is 2.78. The van der Waals surface area contributed by atoms with Crippen LogP contribution in [0.15, 0.2) is 41.3 Å². The summed E-state index contributed by atoms with van der Waals surface area (Å²) < 4.78 is 11.9. The molecule has 4 aromatic rings. The second-order valence-electron chi connectivity index (χ2n) is 3.76. The zero-order valence-corrected chi connectivity index (χ0v) is 10.4. The van der Waals surface area contributed by atoms with Gasteiger partial charge in [-0.15, -0.1) is 22.7 Å². The Balaban J connectivity index is 2.48. The van der Waals surface area contributed by atoms with E-state index in [0.717, 1.165) is 0 Å². The summed E-state index contributed by atoms with van der Waals surface area (Å²) in [7, 11) is 0. The van der Waals surface area contributed by atoms with Gasteiger partial charge in [0.1, 0.15) is 0 Å². The number of hydrogen-bond donors (Lipinski definition) is 0. The molecule has 0 saturated heterocycles. The first-order chi connectivity index (χ1) is 8.75. The summed E-state index contributed by atoms with van der Waals surface area (Å²) >= 11 is 2.73. The zero-order valence-electron chi connectivity index (χ0n) is 8.76. The smallest absolute Gasteiger partial charge is 0.345 e. The van der Waals surface area contributed by atoms with Crippen LogP contribution in [0.2, 0.25) is 0 Å².